The topological polar surface area (TPSA) is 122 Å². The molecule has 4 aromatic rings. The van der Waals surface area contributed by atoms with Crippen LogP contribution < -0.4 is 22.2 Å². The smallest absolute Gasteiger partial charge is 0.305 e. The van der Waals surface area contributed by atoms with Gasteiger partial charge in [0.1, 0.15) is 0 Å². The maximum atomic E-state index is 13.7. The first kappa shape index (κ1) is 29.5. The molecule has 0 aliphatic carbocycles. The lowest BCUT2D eigenvalue weighted by Gasteiger charge is -2.27. The Morgan fingerprint density at radius 1 is 0.829 bits per heavy atom. The van der Waals surface area contributed by atoms with Crippen LogP contribution in [0.1, 0.15) is 44.2 Å². The molecular weight excluding hydrogens is 520 g/mol. The highest BCUT2D eigenvalue weighted by molar-refractivity contribution is 5.91. The zero-order valence-corrected chi connectivity index (χ0v) is 23.3. The Kier molecular flexibility index (Phi) is 10.2. The normalized spacial score (nSPS) is 12.7. The molecule has 2 amide bonds. The van der Waals surface area contributed by atoms with Gasteiger partial charge in [-0.2, -0.15) is 4.68 Å². The van der Waals surface area contributed by atoms with E-state index >= 15 is 0 Å². The number of nitrogens with one attached hydrogen (secondary N) is 3. The van der Waals surface area contributed by atoms with Crippen LogP contribution in [0.4, 0.5) is 0 Å². The molecule has 4 rings (SSSR count). The summed E-state index contributed by atoms with van der Waals surface area (Å²) in [6.07, 6.45) is 2.16. The first-order valence-electron chi connectivity index (χ1n) is 13.9. The van der Waals surface area contributed by atoms with Crippen molar-refractivity contribution in [3.8, 4) is 0 Å². The number of nitrogens with zero attached hydrogens (tertiary/aromatic N) is 1. The van der Waals surface area contributed by atoms with Gasteiger partial charge in [0, 0.05) is 0 Å². The lowest BCUT2D eigenvalue weighted by atomic mass is 9.81. The number of carbonyl (C=O) groups excluding carboxylic acids is 2. The van der Waals surface area contributed by atoms with Crippen LogP contribution in [0.15, 0.2) is 94.5 Å². The summed E-state index contributed by atoms with van der Waals surface area (Å²) in [7, 11) is 0. The Hall–Kier alpha value is -4.50. The van der Waals surface area contributed by atoms with Gasteiger partial charge in [-0.3, -0.25) is 24.6 Å². The van der Waals surface area contributed by atoms with Crippen LogP contribution >= 0.6 is 0 Å². The standard InChI is InChI=1S/C32H36N4O5/c1-22(2)20-27(29(37)34-36-31(39)26-17-9-10-19-28(26)33-32(36)40)25(18-11-16-23-12-5-3-6-13-23)30(38)35-41-21-24-14-7-4-8-15-24/h3-10,12-15,17,19,22,25,27H,11,16,18,20-21H2,1-2H3,(H,33,40)(H,34,37)(H,35,38)/t25-,27?/m1/s1. The number of aryl methyl sites for hydroxylation is 1. The number of benzene rings is 3. The number of para-hydroxylation sites is 1. The zero-order valence-electron chi connectivity index (χ0n) is 23.3. The molecular formula is C32H36N4O5. The second-order valence-corrected chi connectivity index (χ2v) is 10.6. The fourth-order valence-corrected chi connectivity index (χ4v) is 4.95. The number of H-pyrrole nitrogens is 1. The van der Waals surface area contributed by atoms with Crippen molar-refractivity contribution >= 4 is 22.7 Å². The first-order valence-corrected chi connectivity index (χ1v) is 13.9. The Morgan fingerprint density at radius 3 is 2.15 bits per heavy atom. The number of carbonyl (C=O) groups is 2. The van der Waals surface area contributed by atoms with Gasteiger partial charge in [-0.25, -0.2) is 10.3 Å². The number of hydroxylamine groups is 1. The van der Waals surface area contributed by atoms with Crippen LogP contribution in [-0.4, -0.2) is 21.5 Å². The van der Waals surface area contributed by atoms with Crippen molar-refractivity contribution in [1.82, 2.24) is 15.1 Å². The van der Waals surface area contributed by atoms with Crippen molar-refractivity contribution in [1.29, 1.82) is 0 Å². The van der Waals surface area contributed by atoms with Crippen LogP contribution in [0.3, 0.4) is 0 Å². The van der Waals surface area contributed by atoms with Gasteiger partial charge in [0.2, 0.25) is 11.8 Å². The Labute approximate surface area is 238 Å². The van der Waals surface area contributed by atoms with Gasteiger partial charge in [0.05, 0.1) is 29.3 Å². The van der Waals surface area contributed by atoms with Gasteiger partial charge in [-0.1, -0.05) is 86.6 Å². The highest BCUT2D eigenvalue weighted by Crippen LogP contribution is 2.27. The predicted octanol–water partition coefficient (Wildman–Crippen LogP) is 4.31. The fourth-order valence-electron chi connectivity index (χ4n) is 4.95. The minimum atomic E-state index is -0.816. The number of aromatic amines is 1. The number of rotatable bonds is 13. The van der Waals surface area contributed by atoms with Crippen molar-refractivity contribution in [2.45, 2.75) is 46.1 Å². The van der Waals surface area contributed by atoms with E-state index in [1.165, 1.54) is 0 Å². The number of hydrogen-bond donors (Lipinski definition) is 3. The summed E-state index contributed by atoms with van der Waals surface area (Å²) in [6, 6.07) is 25.9. The average Bonchev–Trinajstić information content (AvgIpc) is 2.97. The minimum absolute atomic E-state index is 0.0621. The van der Waals surface area contributed by atoms with Gasteiger partial charge in [-0.15, -0.1) is 0 Å². The summed E-state index contributed by atoms with van der Waals surface area (Å²) < 4.78 is 0.683. The van der Waals surface area contributed by atoms with Gasteiger partial charge in [-0.05, 0) is 54.9 Å². The molecule has 2 atom stereocenters. The third-order valence-corrected chi connectivity index (χ3v) is 6.99. The number of amides is 2. The molecule has 9 nitrogen and oxygen atoms in total. The molecule has 0 spiro atoms. The number of hydrogen-bond acceptors (Lipinski definition) is 5. The Balaban J connectivity index is 1.57. The van der Waals surface area contributed by atoms with Gasteiger partial charge in [0.15, 0.2) is 0 Å². The van der Waals surface area contributed by atoms with E-state index < -0.39 is 34.9 Å². The third kappa shape index (κ3) is 8.02. The van der Waals surface area contributed by atoms with Crippen molar-refractivity contribution in [3.63, 3.8) is 0 Å². The Morgan fingerprint density at radius 2 is 1.46 bits per heavy atom. The third-order valence-electron chi connectivity index (χ3n) is 6.99. The summed E-state index contributed by atoms with van der Waals surface area (Å²) >= 11 is 0. The lowest BCUT2D eigenvalue weighted by molar-refractivity contribution is -0.144. The van der Waals surface area contributed by atoms with Crippen molar-refractivity contribution in [3.05, 3.63) is 117 Å². The molecule has 0 bridgehead atoms. The van der Waals surface area contributed by atoms with Gasteiger partial charge < -0.3 is 4.98 Å². The molecule has 1 unspecified atom stereocenters. The number of fused-ring (bicyclic) bond motifs is 1. The molecule has 3 N–H and O–H groups in total. The average molecular weight is 557 g/mol. The Bertz CT molecular complexity index is 1560. The summed E-state index contributed by atoms with van der Waals surface area (Å²) in [5, 5.41) is 0.263. The largest absolute Gasteiger partial charge is 0.348 e. The molecule has 1 aromatic heterocycles. The molecule has 41 heavy (non-hydrogen) atoms. The summed E-state index contributed by atoms with van der Waals surface area (Å²) in [5.74, 6) is -2.51. The minimum Gasteiger partial charge on any atom is -0.305 e. The highest BCUT2D eigenvalue weighted by Gasteiger charge is 2.35. The van der Waals surface area contributed by atoms with E-state index in [0.717, 1.165) is 17.5 Å². The molecule has 0 aliphatic rings. The molecule has 0 saturated carbocycles. The maximum absolute atomic E-state index is 13.7. The van der Waals surface area contributed by atoms with Crippen molar-refractivity contribution in [2.24, 2.45) is 17.8 Å². The molecule has 3 aromatic carbocycles. The first-order chi connectivity index (χ1) is 19.8. The molecule has 0 aliphatic heterocycles. The van der Waals surface area contributed by atoms with E-state index in [-0.39, 0.29) is 17.9 Å². The van der Waals surface area contributed by atoms with Crippen LogP contribution in [0, 0.1) is 17.8 Å². The predicted molar refractivity (Wildman–Crippen MR) is 158 cm³/mol. The van der Waals surface area contributed by atoms with E-state index in [9.17, 15) is 19.2 Å². The van der Waals surface area contributed by atoms with E-state index in [4.69, 9.17) is 4.84 Å². The highest BCUT2D eigenvalue weighted by atomic mass is 16.6. The SMILES string of the molecule is CC(C)CC(C(=O)Nn1c(=O)[nH]c2ccccc2c1=O)[C@@H](CCCc1ccccc1)C(=O)NOCc1ccccc1. The second kappa shape index (κ2) is 14.2. The molecule has 214 valence electrons. The van der Waals surface area contributed by atoms with Gasteiger partial charge >= 0.3 is 5.69 Å². The fraction of sp³-hybridized carbons (Fsp3) is 0.312. The molecule has 1 heterocycles. The summed E-state index contributed by atoms with van der Waals surface area (Å²) in [6.45, 7) is 4.09. The molecule has 0 fully saturated rings. The summed E-state index contributed by atoms with van der Waals surface area (Å²) in [5.41, 5.74) is 6.04. The zero-order chi connectivity index (χ0) is 29.2. The summed E-state index contributed by atoms with van der Waals surface area (Å²) in [4.78, 5) is 61.2. The molecule has 0 saturated heterocycles. The molecule has 9 heteroatoms. The van der Waals surface area contributed by atoms with Crippen LogP contribution in [-0.2, 0) is 27.5 Å². The monoisotopic (exact) mass is 556 g/mol. The quantitative estimate of drug-likeness (QED) is 0.212. The van der Waals surface area contributed by atoms with Crippen LogP contribution in [0.2, 0.25) is 0 Å². The van der Waals surface area contributed by atoms with Gasteiger partial charge in [0.25, 0.3) is 5.56 Å². The lowest BCUT2D eigenvalue weighted by Crippen LogP contribution is -2.48. The van der Waals surface area contributed by atoms with E-state index in [2.05, 4.69) is 15.9 Å². The molecule has 0 radical (unpaired) electrons. The van der Waals surface area contributed by atoms with Crippen LogP contribution in [0.5, 0.6) is 0 Å². The maximum Gasteiger partial charge on any atom is 0.348 e. The number of aromatic nitrogens is 2. The van der Waals surface area contributed by atoms with E-state index in [0.29, 0.717) is 29.5 Å². The van der Waals surface area contributed by atoms with Crippen LogP contribution in [0.25, 0.3) is 10.9 Å². The van der Waals surface area contributed by atoms with E-state index in [1.54, 1.807) is 24.3 Å². The second-order valence-electron chi connectivity index (χ2n) is 10.6. The van der Waals surface area contributed by atoms with Crippen molar-refractivity contribution in [2.75, 3.05) is 5.43 Å². The van der Waals surface area contributed by atoms with E-state index in [1.807, 2.05) is 74.5 Å². The van der Waals surface area contributed by atoms with Crippen molar-refractivity contribution < 1.29 is 14.4 Å².